The molecule has 2 rings (SSSR count). The molecule has 2 saturated heterocycles. The summed E-state index contributed by atoms with van der Waals surface area (Å²) in [5, 5.41) is 6.46. The van der Waals surface area contributed by atoms with Crippen molar-refractivity contribution in [2.24, 2.45) is 5.92 Å². The molecule has 0 aliphatic carbocycles. The van der Waals surface area contributed by atoms with E-state index in [9.17, 15) is 4.79 Å². The minimum Gasteiger partial charge on any atom is -0.378 e. The van der Waals surface area contributed by atoms with Crippen LogP contribution in [0.4, 0.5) is 0 Å². The van der Waals surface area contributed by atoms with E-state index in [4.69, 9.17) is 4.74 Å². The van der Waals surface area contributed by atoms with E-state index in [2.05, 4.69) is 10.6 Å². The fraction of sp³-hybridized carbons (Fsp3) is 0.917. The fourth-order valence-corrected chi connectivity index (χ4v) is 2.58. The van der Waals surface area contributed by atoms with E-state index in [1.807, 2.05) is 6.92 Å². The summed E-state index contributed by atoms with van der Waals surface area (Å²) >= 11 is 0. The predicted molar refractivity (Wildman–Crippen MR) is 62.2 cm³/mol. The molecule has 0 radical (unpaired) electrons. The van der Waals surface area contributed by atoms with Gasteiger partial charge in [0.15, 0.2) is 0 Å². The molecule has 0 bridgehead atoms. The Morgan fingerprint density at radius 1 is 1.50 bits per heavy atom. The summed E-state index contributed by atoms with van der Waals surface area (Å²) in [4.78, 5) is 11.8. The van der Waals surface area contributed by atoms with Crippen LogP contribution in [0.25, 0.3) is 0 Å². The molecule has 4 nitrogen and oxygen atoms in total. The van der Waals surface area contributed by atoms with Crippen LogP contribution in [0.15, 0.2) is 0 Å². The van der Waals surface area contributed by atoms with Gasteiger partial charge in [0.25, 0.3) is 0 Å². The van der Waals surface area contributed by atoms with Gasteiger partial charge < -0.3 is 15.4 Å². The number of nitrogens with one attached hydrogen (secondary N) is 2. The van der Waals surface area contributed by atoms with Gasteiger partial charge in [0, 0.05) is 19.2 Å². The van der Waals surface area contributed by atoms with Crippen LogP contribution in [0.1, 0.15) is 32.6 Å². The SMILES string of the molecule is CC1OCCC1C(=O)NCC[C@H]1CCCN1. The Morgan fingerprint density at radius 3 is 3.00 bits per heavy atom. The highest BCUT2D eigenvalue weighted by atomic mass is 16.5. The second kappa shape index (κ2) is 5.64. The Morgan fingerprint density at radius 2 is 2.38 bits per heavy atom. The smallest absolute Gasteiger partial charge is 0.225 e. The summed E-state index contributed by atoms with van der Waals surface area (Å²) in [5.74, 6) is 0.236. The van der Waals surface area contributed by atoms with Gasteiger partial charge in [-0.25, -0.2) is 0 Å². The first-order chi connectivity index (χ1) is 7.77. The highest BCUT2D eigenvalue weighted by Gasteiger charge is 2.30. The van der Waals surface area contributed by atoms with Crippen molar-refractivity contribution < 1.29 is 9.53 Å². The van der Waals surface area contributed by atoms with Crippen LogP contribution >= 0.6 is 0 Å². The van der Waals surface area contributed by atoms with Gasteiger partial charge in [-0.2, -0.15) is 0 Å². The van der Waals surface area contributed by atoms with Crippen molar-refractivity contribution in [1.82, 2.24) is 10.6 Å². The molecule has 2 aliphatic heterocycles. The third kappa shape index (κ3) is 2.95. The molecule has 3 atom stereocenters. The average Bonchev–Trinajstić information content (AvgIpc) is 2.88. The normalized spacial score (nSPS) is 34.2. The molecular formula is C12H22N2O2. The molecule has 2 aliphatic rings. The summed E-state index contributed by atoms with van der Waals surface area (Å²) in [6, 6.07) is 0.609. The van der Waals surface area contributed by atoms with Crippen molar-refractivity contribution in [3.63, 3.8) is 0 Å². The molecule has 0 aromatic carbocycles. The van der Waals surface area contributed by atoms with Crippen LogP contribution in [-0.4, -0.2) is 37.7 Å². The lowest BCUT2D eigenvalue weighted by Crippen LogP contribution is -2.36. The van der Waals surface area contributed by atoms with Gasteiger partial charge in [-0.1, -0.05) is 0 Å². The van der Waals surface area contributed by atoms with Crippen molar-refractivity contribution in [3.8, 4) is 0 Å². The van der Waals surface area contributed by atoms with E-state index in [0.717, 1.165) is 32.5 Å². The Hall–Kier alpha value is -0.610. The molecule has 0 saturated carbocycles. The zero-order chi connectivity index (χ0) is 11.4. The molecule has 16 heavy (non-hydrogen) atoms. The summed E-state index contributed by atoms with van der Waals surface area (Å²) < 4.78 is 5.39. The standard InChI is InChI=1S/C12H22N2O2/c1-9-11(5-8-16-9)12(15)14-7-4-10-3-2-6-13-10/h9-11,13H,2-8H2,1H3,(H,14,15)/t9?,10-,11?/m1/s1. The third-order valence-electron chi connectivity index (χ3n) is 3.67. The zero-order valence-electron chi connectivity index (χ0n) is 10.00. The van der Waals surface area contributed by atoms with Gasteiger partial charge in [-0.05, 0) is 39.2 Å². The molecule has 2 heterocycles. The maximum absolute atomic E-state index is 11.8. The fourth-order valence-electron chi connectivity index (χ4n) is 2.58. The Labute approximate surface area is 97.1 Å². The number of amides is 1. The highest BCUT2D eigenvalue weighted by molar-refractivity contribution is 5.79. The molecule has 0 aromatic rings. The first-order valence-electron chi connectivity index (χ1n) is 6.40. The maximum Gasteiger partial charge on any atom is 0.225 e. The monoisotopic (exact) mass is 226 g/mol. The predicted octanol–water partition coefficient (Wildman–Crippen LogP) is 0.670. The van der Waals surface area contributed by atoms with E-state index in [-0.39, 0.29) is 17.9 Å². The molecule has 4 heteroatoms. The van der Waals surface area contributed by atoms with Gasteiger partial charge in [0.1, 0.15) is 0 Å². The van der Waals surface area contributed by atoms with Crippen LogP contribution < -0.4 is 10.6 Å². The van der Waals surface area contributed by atoms with Crippen molar-refractivity contribution >= 4 is 5.91 Å². The maximum atomic E-state index is 11.8. The van der Waals surface area contributed by atoms with Crippen LogP contribution in [0, 0.1) is 5.92 Å². The second-order valence-corrected chi connectivity index (χ2v) is 4.84. The van der Waals surface area contributed by atoms with Crippen LogP contribution in [0.3, 0.4) is 0 Å². The van der Waals surface area contributed by atoms with E-state index in [0.29, 0.717) is 6.04 Å². The van der Waals surface area contributed by atoms with Gasteiger partial charge in [-0.3, -0.25) is 4.79 Å². The average molecular weight is 226 g/mol. The topological polar surface area (TPSA) is 50.4 Å². The molecular weight excluding hydrogens is 204 g/mol. The molecule has 0 spiro atoms. The first kappa shape index (κ1) is 11.9. The van der Waals surface area contributed by atoms with Gasteiger partial charge in [0.2, 0.25) is 5.91 Å². The second-order valence-electron chi connectivity index (χ2n) is 4.84. The van der Waals surface area contributed by atoms with Crippen molar-refractivity contribution in [1.29, 1.82) is 0 Å². The Balaban J connectivity index is 1.63. The summed E-state index contributed by atoms with van der Waals surface area (Å²) in [6.45, 7) is 4.63. The van der Waals surface area contributed by atoms with E-state index >= 15 is 0 Å². The van der Waals surface area contributed by atoms with Crippen molar-refractivity contribution in [3.05, 3.63) is 0 Å². The molecule has 1 amide bonds. The highest BCUT2D eigenvalue weighted by Crippen LogP contribution is 2.20. The lowest BCUT2D eigenvalue weighted by molar-refractivity contribution is -0.126. The van der Waals surface area contributed by atoms with Crippen LogP contribution in [-0.2, 0) is 9.53 Å². The lowest BCUT2D eigenvalue weighted by atomic mass is 10.0. The molecule has 2 unspecified atom stereocenters. The number of carbonyl (C=O) groups is 1. The number of ether oxygens (including phenoxy) is 1. The Bertz CT molecular complexity index is 239. The number of hydrogen-bond acceptors (Lipinski definition) is 3. The zero-order valence-corrected chi connectivity index (χ0v) is 10.00. The van der Waals surface area contributed by atoms with Gasteiger partial charge in [-0.15, -0.1) is 0 Å². The number of carbonyl (C=O) groups excluding carboxylic acids is 1. The molecule has 2 fully saturated rings. The first-order valence-corrected chi connectivity index (χ1v) is 6.40. The van der Waals surface area contributed by atoms with Crippen LogP contribution in [0.2, 0.25) is 0 Å². The number of hydrogen-bond donors (Lipinski definition) is 2. The summed E-state index contributed by atoms with van der Waals surface area (Å²) in [6.07, 6.45) is 4.53. The van der Waals surface area contributed by atoms with Crippen LogP contribution in [0.5, 0.6) is 0 Å². The Kier molecular flexibility index (Phi) is 4.18. The molecule has 92 valence electrons. The quantitative estimate of drug-likeness (QED) is 0.741. The van der Waals surface area contributed by atoms with E-state index < -0.39 is 0 Å². The van der Waals surface area contributed by atoms with Crippen molar-refractivity contribution in [2.75, 3.05) is 19.7 Å². The van der Waals surface area contributed by atoms with Crippen molar-refractivity contribution in [2.45, 2.75) is 44.8 Å². The van der Waals surface area contributed by atoms with Gasteiger partial charge >= 0.3 is 0 Å². The van der Waals surface area contributed by atoms with E-state index in [1.54, 1.807) is 0 Å². The lowest BCUT2D eigenvalue weighted by Gasteiger charge is -2.15. The molecule has 2 N–H and O–H groups in total. The molecule has 0 aromatic heterocycles. The largest absolute Gasteiger partial charge is 0.378 e. The summed E-state index contributed by atoms with van der Waals surface area (Å²) in [7, 11) is 0. The number of rotatable bonds is 4. The minimum absolute atomic E-state index is 0.0662. The van der Waals surface area contributed by atoms with E-state index in [1.165, 1.54) is 12.8 Å². The van der Waals surface area contributed by atoms with Gasteiger partial charge in [0.05, 0.1) is 12.0 Å². The third-order valence-corrected chi connectivity index (χ3v) is 3.67. The minimum atomic E-state index is 0.0662. The summed E-state index contributed by atoms with van der Waals surface area (Å²) in [5.41, 5.74) is 0.